The van der Waals surface area contributed by atoms with Crippen molar-refractivity contribution in [2.75, 3.05) is 11.1 Å². The zero-order valence-electron chi connectivity index (χ0n) is 10.5. The fraction of sp³-hybridized carbons (Fsp3) is 0.308. The van der Waals surface area contributed by atoms with Crippen LogP contribution in [0.1, 0.15) is 16.8 Å². The molecule has 1 aromatic carbocycles. The molecule has 0 unspecified atom stereocenters. The number of benzene rings is 1. The van der Waals surface area contributed by atoms with E-state index in [4.69, 9.17) is 5.73 Å². The minimum Gasteiger partial charge on any atom is -0.394 e. The summed E-state index contributed by atoms with van der Waals surface area (Å²) < 4.78 is 1.78. The molecule has 3 N–H and O–H groups in total. The van der Waals surface area contributed by atoms with Crippen molar-refractivity contribution in [2.45, 2.75) is 20.4 Å². The first-order valence-electron chi connectivity index (χ1n) is 5.66. The van der Waals surface area contributed by atoms with Crippen molar-refractivity contribution in [3.8, 4) is 0 Å². The Kier molecular flexibility index (Phi) is 3.04. The maximum Gasteiger partial charge on any atom is 0.148 e. The van der Waals surface area contributed by atoms with Gasteiger partial charge in [0.1, 0.15) is 5.82 Å². The number of anilines is 2. The molecule has 0 radical (unpaired) electrons. The van der Waals surface area contributed by atoms with E-state index in [1.54, 1.807) is 4.68 Å². The Morgan fingerprint density at radius 2 is 1.88 bits per heavy atom. The van der Waals surface area contributed by atoms with Crippen LogP contribution >= 0.6 is 0 Å². The van der Waals surface area contributed by atoms with Gasteiger partial charge < -0.3 is 11.1 Å². The molecule has 90 valence electrons. The summed E-state index contributed by atoms with van der Waals surface area (Å²) in [5.41, 5.74) is 10.0. The van der Waals surface area contributed by atoms with E-state index in [1.165, 1.54) is 11.1 Å². The largest absolute Gasteiger partial charge is 0.394 e. The zero-order valence-corrected chi connectivity index (χ0v) is 10.5. The van der Waals surface area contributed by atoms with Crippen LogP contribution in [0.15, 0.2) is 24.3 Å². The first-order chi connectivity index (χ1) is 8.08. The molecular formula is C13H18N4. The van der Waals surface area contributed by atoms with Gasteiger partial charge in [0.05, 0.1) is 11.4 Å². The Balaban J connectivity index is 2.09. The van der Waals surface area contributed by atoms with Gasteiger partial charge in [0.25, 0.3) is 0 Å². The lowest BCUT2D eigenvalue weighted by molar-refractivity contribution is 0.758. The monoisotopic (exact) mass is 230 g/mol. The summed E-state index contributed by atoms with van der Waals surface area (Å²) in [5, 5.41) is 7.58. The van der Waals surface area contributed by atoms with Gasteiger partial charge >= 0.3 is 0 Å². The molecule has 0 bridgehead atoms. The third kappa shape index (κ3) is 2.41. The van der Waals surface area contributed by atoms with Crippen LogP contribution in [0.3, 0.4) is 0 Å². The lowest BCUT2D eigenvalue weighted by Gasteiger charge is -2.08. The highest BCUT2D eigenvalue weighted by Gasteiger charge is 2.08. The predicted molar refractivity (Wildman–Crippen MR) is 70.9 cm³/mol. The Bertz CT molecular complexity index is 511. The molecule has 2 aromatic rings. The van der Waals surface area contributed by atoms with Crippen molar-refractivity contribution in [3.05, 3.63) is 41.1 Å². The molecule has 0 fully saturated rings. The summed E-state index contributed by atoms with van der Waals surface area (Å²) in [6.45, 7) is 4.75. The van der Waals surface area contributed by atoms with Gasteiger partial charge in [0, 0.05) is 13.6 Å². The molecule has 0 saturated heterocycles. The molecule has 4 nitrogen and oxygen atoms in total. The Hall–Kier alpha value is -1.97. The number of nitrogens with zero attached hydrogens (tertiary/aromatic N) is 2. The standard InChI is InChI=1S/C13H18N4/c1-9-4-6-11(7-5-9)8-15-13-12(14)10(2)16-17(13)3/h4-7,15H,8,14H2,1-3H3. The molecule has 4 heteroatoms. The van der Waals surface area contributed by atoms with E-state index in [2.05, 4.69) is 41.6 Å². The third-order valence-electron chi connectivity index (χ3n) is 2.85. The molecular weight excluding hydrogens is 212 g/mol. The smallest absolute Gasteiger partial charge is 0.148 e. The molecule has 2 rings (SSSR count). The lowest BCUT2D eigenvalue weighted by Crippen LogP contribution is -2.06. The number of hydrogen-bond donors (Lipinski definition) is 2. The summed E-state index contributed by atoms with van der Waals surface area (Å²) in [7, 11) is 1.89. The fourth-order valence-corrected chi connectivity index (χ4v) is 1.78. The molecule has 17 heavy (non-hydrogen) atoms. The molecule has 0 spiro atoms. The van der Waals surface area contributed by atoms with E-state index < -0.39 is 0 Å². The second-order valence-corrected chi connectivity index (χ2v) is 4.31. The normalized spacial score (nSPS) is 10.5. The summed E-state index contributed by atoms with van der Waals surface area (Å²) in [6, 6.07) is 8.44. The quantitative estimate of drug-likeness (QED) is 0.850. The Morgan fingerprint density at radius 1 is 1.24 bits per heavy atom. The predicted octanol–water partition coefficient (Wildman–Crippen LogP) is 2.23. The van der Waals surface area contributed by atoms with E-state index in [0.717, 1.165) is 23.7 Å². The first-order valence-corrected chi connectivity index (χ1v) is 5.66. The summed E-state index contributed by atoms with van der Waals surface area (Å²) >= 11 is 0. The van der Waals surface area contributed by atoms with Crippen LogP contribution in [-0.2, 0) is 13.6 Å². The number of hydrogen-bond acceptors (Lipinski definition) is 3. The van der Waals surface area contributed by atoms with Gasteiger partial charge in [0.2, 0.25) is 0 Å². The van der Waals surface area contributed by atoms with Crippen LogP contribution in [0.2, 0.25) is 0 Å². The van der Waals surface area contributed by atoms with Crippen molar-refractivity contribution in [2.24, 2.45) is 7.05 Å². The maximum absolute atomic E-state index is 5.95. The van der Waals surface area contributed by atoms with Gasteiger partial charge in [-0.1, -0.05) is 29.8 Å². The minimum atomic E-state index is 0.722. The summed E-state index contributed by atoms with van der Waals surface area (Å²) in [6.07, 6.45) is 0. The second-order valence-electron chi connectivity index (χ2n) is 4.31. The van der Waals surface area contributed by atoms with Crippen molar-refractivity contribution >= 4 is 11.5 Å². The van der Waals surface area contributed by atoms with E-state index in [9.17, 15) is 0 Å². The van der Waals surface area contributed by atoms with Gasteiger partial charge in [0.15, 0.2) is 0 Å². The number of nitrogens with two attached hydrogens (primary N) is 1. The number of nitrogen functional groups attached to an aromatic ring is 1. The SMILES string of the molecule is Cc1ccc(CNc2c(N)c(C)nn2C)cc1. The average molecular weight is 230 g/mol. The molecule has 1 aromatic heterocycles. The van der Waals surface area contributed by atoms with Crippen LogP contribution in [0.5, 0.6) is 0 Å². The van der Waals surface area contributed by atoms with Crippen LogP contribution in [0.4, 0.5) is 11.5 Å². The van der Waals surface area contributed by atoms with E-state index in [-0.39, 0.29) is 0 Å². The van der Waals surface area contributed by atoms with Crippen molar-refractivity contribution in [1.29, 1.82) is 0 Å². The number of nitrogens with one attached hydrogen (secondary N) is 1. The Morgan fingerprint density at radius 3 is 2.41 bits per heavy atom. The van der Waals surface area contributed by atoms with Gasteiger partial charge in [-0.05, 0) is 19.4 Å². The highest BCUT2D eigenvalue weighted by Crippen LogP contribution is 2.21. The van der Waals surface area contributed by atoms with Gasteiger partial charge in [-0.3, -0.25) is 4.68 Å². The van der Waals surface area contributed by atoms with Crippen LogP contribution in [0.25, 0.3) is 0 Å². The topological polar surface area (TPSA) is 55.9 Å². The van der Waals surface area contributed by atoms with Crippen molar-refractivity contribution in [1.82, 2.24) is 9.78 Å². The first kappa shape index (κ1) is 11.5. The summed E-state index contributed by atoms with van der Waals surface area (Å²) in [4.78, 5) is 0. The number of aryl methyl sites for hydroxylation is 3. The molecule has 0 aliphatic heterocycles. The second kappa shape index (κ2) is 4.49. The molecule has 1 heterocycles. The highest BCUT2D eigenvalue weighted by atomic mass is 15.3. The van der Waals surface area contributed by atoms with Crippen molar-refractivity contribution < 1.29 is 0 Å². The van der Waals surface area contributed by atoms with Crippen LogP contribution in [-0.4, -0.2) is 9.78 Å². The van der Waals surface area contributed by atoms with E-state index in [1.807, 2.05) is 14.0 Å². The molecule has 0 saturated carbocycles. The third-order valence-corrected chi connectivity index (χ3v) is 2.85. The summed E-state index contributed by atoms with van der Waals surface area (Å²) in [5.74, 6) is 0.878. The minimum absolute atomic E-state index is 0.722. The van der Waals surface area contributed by atoms with Gasteiger partial charge in [-0.15, -0.1) is 0 Å². The maximum atomic E-state index is 5.95. The number of aromatic nitrogens is 2. The molecule has 0 atom stereocenters. The molecule has 0 aliphatic carbocycles. The van der Waals surface area contributed by atoms with Crippen LogP contribution < -0.4 is 11.1 Å². The lowest BCUT2D eigenvalue weighted by atomic mass is 10.1. The van der Waals surface area contributed by atoms with Gasteiger partial charge in [-0.2, -0.15) is 5.10 Å². The van der Waals surface area contributed by atoms with Crippen LogP contribution in [0, 0.1) is 13.8 Å². The zero-order chi connectivity index (χ0) is 12.4. The number of rotatable bonds is 3. The van der Waals surface area contributed by atoms with Gasteiger partial charge in [-0.25, -0.2) is 0 Å². The van der Waals surface area contributed by atoms with E-state index >= 15 is 0 Å². The fourth-order valence-electron chi connectivity index (χ4n) is 1.78. The molecule has 0 aliphatic rings. The Labute approximate surface area is 101 Å². The molecule has 0 amide bonds. The van der Waals surface area contributed by atoms with Crippen molar-refractivity contribution in [3.63, 3.8) is 0 Å². The average Bonchev–Trinajstić information content (AvgIpc) is 2.54. The van der Waals surface area contributed by atoms with E-state index in [0.29, 0.717) is 0 Å². The highest BCUT2D eigenvalue weighted by molar-refractivity contribution is 5.64.